The summed E-state index contributed by atoms with van der Waals surface area (Å²) in [7, 11) is 1.50. The van der Waals surface area contributed by atoms with Crippen LogP contribution in [0.4, 0.5) is 5.82 Å². The fourth-order valence-corrected chi connectivity index (χ4v) is 2.89. The minimum absolute atomic E-state index is 0.160. The van der Waals surface area contributed by atoms with E-state index >= 15 is 0 Å². The van der Waals surface area contributed by atoms with E-state index in [-0.39, 0.29) is 24.7 Å². The predicted octanol–water partition coefficient (Wildman–Crippen LogP) is 0.165. The highest BCUT2D eigenvalue weighted by Gasteiger charge is 2.20. The number of rotatable bonds is 5. The molecule has 1 N–H and O–H groups in total. The third-order valence-corrected chi connectivity index (χ3v) is 4.27. The molecule has 3 heterocycles. The summed E-state index contributed by atoms with van der Waals surface area (Å²) >= 11 is 0. The smallest absolute Gasteiger partial charge is 0.346 e. The molecule has 26 heavy (non-hydrogen) atoms. The van der Waals surface area contributed by atoms with Gasteiger partial charge in [0.15, 0.2) is 5.82 Å². The molecule has 1 aliphatic heterocycles. The number of amides is 2. The molecule has 0 fully saturated rings. The van der Waals surface area contributed by atoms with Crippen molar-refractivity contribution < 1.29 is 14.1 Å². The lowest BCUT2D eigenvalue weighted by Gasteiger charge is -2.15. The normalized spacial score (nSPS) is 13.8. The number of fused-ring (bicyclic) bond motifs is 1. The number of hydrogen-bond acceptors (Lipinski definition) is 6. The van der Waals surface area contributed by atoms with E-state index in [0.717, 1.165) is 31.5 Å². The molecule has 10 nitrogen and oxygen atoms in total. The minimum Gasteiger partial charge on any atom is -0.360 e. The molecule has 1 aliphatic rings. The molecule has 0 atom stereocenters. The van der Waals surface area contributed by atoms with E-state index in [1.54, 1.807) is 17.6 Å². The highest BCUT2D eigenvalue weighted by atomic mass is 16.5. The van der Waals surface area contributed by atoms with E-state index in [1.165, 1.54) is 16.6 Å². The monoisotopic (exact) mass is 362 g/mol. The number of nitrogens with one attached hydrogen (secondary N) is 1. The first-order chi connectivity index (χ1) is 12.4. The maximum Gasteiger partial charge on any atom is 0.346 e. The summed E-state index contributed by atoms with van der Waals surface area (Å²) in [6, 6.07) is 1.58. The molecule has 0 unspecified atom stereocenters. The number of anilines is 1. The second kappa shape index (κ2) is 7.54. The highest BCUT2D eigenvalue weighted by molar-refractivity contribution is 5.93. The lowest BCUT2D eigenvalue weighted by molar-refractivity contribution is -0.134. The van der Waals surface area contributed by atoms with Crippen molar-refractivity contribution in [2.45, 2.75) is 45.7 Å². The molecule has 0 aromatic carbocycles. The number of aromatic nitrogens is 4. The molecule has 2 amide bonds. The average Bonchev–Trinajstić information content (AvgIpc) is 3.01. The summed E-state index contributed by atoms with van der Waals surface area (Å²) in [5.74, 6) is 0.821. The predicted molar refractivity (Wildman–Crippen MR) is 91.5 cm³/mol. The summed E-state index contributed by atoms with van der Waals surface area (Å²) in [5.41, 5.74) is -0.272. The SMILES string of the molecule is Cc1cc(NC(=O)CN(C)C(=O)Cn2nc3n(c2=O)CCCCC3)no1. The van der Waals surface area contributed by atoms with Crippen molar-refractivity contribution in [2.24, 2.45) is 0 Å². The largest absolute Gasteiger partial charge is 0.360 e. The van der Waals surface area contributed by atoms with Crippen LogP contribution in [0.15, 0.2) is 15.4 Å². The Bertz CT molecular complexity index is 864. The molecule has 140 valence electrons. The van der Waals surface area contributed by atoms with Gasteiger partial charge in [-0.1, -0.05) is 11.6 Å². The van der Waals surface area contributed by atoms with Crippen molar-refractivity contribution in [3.8, 4) is 0 Å². The number of hydrogen-bond donors (Lipinski definition) is 1. The topological polar surface area (TPSA) is 115 Å². The van der Waals surface area contributed by atoms with Gasteiger partial charge in [-0.3, -0.25) is 14.2 Å². The molecular weight excluding hydrogens is 340 g/mol. The third-order valence-electron chi connectivity index (χ3n) is 4.27. The number of nitrogens with zero attached hydrogens (tertiary/aromatic N) is 5. The number of aryl methyl sites for hydroxylation is 2. The Labute approximate surface area is 149 Å². The van der Waals surface area contributed by atoms with Crippen LogP contribution in [0.1, 0.15) is 30.8 Å². The molecule has 0 spiro atoms. The van der Waals surface area contributed by atoms with Crippen LogP contribution in [-0.4, -0.2) is 49.8 Å². The molecule has 2 aromatic rings. The first-order valence-corrected chi connectivity index (χ1v) is 8.57. The lowest BCUT2D eigenvalue weighted by Crippen LogP contribution is -2.39. The maximum absolute atomic E-state index is 12.4. The van der Waals surface area contributed by atoms with Crippen LogP contribution < -0.4 is 11.0 Å². The van der Waals surface area contributed by atoms with E-state index in [9.17, 15) is 14.4 Å². The molecule has 0 saturated heterocycles. The van der Waals surface area contributed by atoms with Crippen molar-refractivity contribution in [3.63, 3.8) is 0 Å². The van der Waals surface area contributed by atoms with Gasteiger partial charge in [0, 0.05) is 26.1 Å². The zero-order valence-corrected chi connectivity index (χ0v) is 14.9. The fourth-order valence-electron chi connectivity index (χ4n) is 2.89. The summed E-state index contributed by atoms with van der Waals surface area (Å²) in [6.07, 6.45) is 3.75. The molecule has 3 rings (SSSR count). The van der Waals surface area contributed by atoms with Crippen molar-refractivity contribution in [1.29, 1.82) is 0 Å². The van der Waals surface area contributed by atoms with E-state index in [4.69, 9.17) is 4.52 Å². The van der Waals surface area contributed by atoms with Crippen molar-refractivity contribution in [3.05, 3.63) is 28.1 Å². The second-order valence-corrected chi connectivity index (χ2v) is 6.44. The van der Waals surface area contributed by atoms with Crippen LogP contribution >= 0.6 is 0 Å². The zero-order chi connectivity index (χ0) is 18.7. The van der Waals surface area contributed by atoms with E-state index in [1.807, 2.05) is 0 Å². The molecule has 0 radical (unpaired) electrons. The van der Waals surface area contributed by atoms with Crippen molar-refractivity contribution in [1.82, 2.24) is 24.4 Å². The molecule has 0 bridgehead atoms. The van der Waals surface area contributed by atoms with Crippen molar-refractivity contribution >= 4 is 17.6 Å². The van der Waals surface area contributed by atoms with Gasteiger partial charge >= 0.3 is 5.69 Å². The number of carbonyl (C=O) groups is 2. The van der Waals surface area contributed by atoms with Crippen LogP contribution in [0.2, 0.25) is 0 Å². The first-order valence-electron chi connectivity index (χ1n) is 8.57. The van der Waals surface area contributed by atoms with Crippen LogP contribution in [0, 0.1) is 6.92 Å². The second-order valence-electron chi connectivity index (χ2n) is 6.44. The van der Waals surface area contributed by atoms with Crippen LogP contribution in [0.3, 0.4) is 0 Å². The Hall–Kier alpha value is -2.91. The van der Waals surface area contributed by atoms with Crippen LogP contribution in [-0.2, 0) is 29.1 Å². The number of likely N-dealkylation sites (N-methyl/N-ethyl adjacent to an activating group) is 1. The lowest BCUT2D eigenvalue weighted by atomic mass is 10.2. The summed E-state index contributed by atoms with van der Waals surface area (Å²) in [5, 5.41) is 10.5. The van der Waals surface area contributed by atoms with E-state index in [0.29, 0.717) is 18.1 Å². The molecule has 2 aromatic heterocycles. The van der Waals surface area contributed by atoms with Gasteiger partial charge in [-0.25, -0.2) is 9.48 Å². The first kappa shape index (κ1) is 17.9. The summed E-state index contributed by atoms with van der Waals surface area (Å²) < 4.78 is 7.68. The minimum atomic E-state index is -0.401. The molecule has 0 aliphatic carbocycles. The van der Waals surface area contributed by atoms with Gasteiger partial charge in [-0.2, -0.15) is 5.10 Å². The maximum atomic E-state index is 12.4. The third kappa shape index (κ3) is 4.01. The number of carbonyl (C=O) groups excluding carboxylic acids is 2. The van der Waals surface area contributed by atoms with Gasteiger partial charge in [0.2, 0.25) is 11.8 Å². The summed E-state index contributed by atoms with van der Waals surface area (Å²) in [6.45, 7) is 2.00. The molecule has 10 heteroatoms. The molecule has 0 saturated carbocycles. The Morgan fingerprint density at radius 3 is 2.88 bits per heavy atom. The summed E-state index contributed by atoms with van der Waals surface area (Å²) in [4.78, 5) is 38.0. The van der Waals surface area contributed by atoms with Gasteiger partial charge in [0.05, 0.1) is 6.54 Å². The van der Waals surface area contributed by atoms with Crippen LogP contribution in [0.25, 0.3) is 0 Å². The Morgan fingerprint density at radius 1 is 1.35 bits per heavy atom. The Kier molecular flexibility index (Phi) is 5.19. The van der Waals surface area contributed by atoms with Gasteiger partial charge in [0.25, 0.3) is 0 Å². The molecular formula is C16H22N6O4. The average molecular weight is 362 g/mol. The highest BCUT2D eigenvalue weighted by Crippen LogP contribution is 2.10. The zero-order valence-electron chi connectivity index (χ0n) is 14.9. The van der Waals surface area contributed by atoms with Gasteiger partial charge in [-0.15, -0.1) is 0 Å². The van der Waals surface area contributed by atoms with E-state index in [2.05, 4.69) is 15.6 Å². The van der Waals surface area contributed by atoms with Gasteiger partial charge in [-0.05, 0) is 19.8 Å². The Morgan fingerprint density at radius 2 is 2.15 bits per heavy atom. The quantitative estimate of drug-likeness (QED) is 0.810. The standard InChI is InChI=1S/C16H22N6O4/c1-11-8-12(19-26-11)17-14(23)9-20(2)15(24)10-22-16(25)21-7-5-3-4-6-13(21)18-22/h8H,3-7,9-10H2,1-2H3,(H,17,19,23). The fraction of sp³-hybridized carbons (Fsp3) is 0.562. The van der Waals surface area contributed by atoms with E-state index < -0.39 is 5.91 Å². The van der Waals surface area contributed by atoms with Gasteiger partial charge in [0.1, 0.15) is 18.1 Å². The van der Waals surface area contributed by atoms with Crippen LogP contribution in [0.5, 0.6) is 0 Å². The van der Waals surface area contributed by atoms with Gasteiger partial charge < -0.3 is 14.7 Å². The Balaban J connectivity index is 1.59. The van der Waals surface area contributed by atoms with Crippen molar-refractivity contribution in [2.75, 3.05) is 18.9 Å².